The first-order valence-corrected chi connectivity index (χ1v) is 12.1. The minimum absolute atomic E-state index is 0.173. The summed E-state index contributed by atoms with van der Waals surface area (Å²) in [5, 5.41) is 9.66. The summed E-state index contributed by atoms with van der Waals surface area (Å²) >= 11 is 3.29. The Morgan fingerprint density at radius 3 is 2.66 bits per heavy atom. The van der Waals surface area contributed by atoms with E-state index in [0.29, 0.717) is 5.75 Å². The standard InChI is InChI=1S/C23H23N5O2S2/c1-29-20-13-19-18(12-21(20)30-16-6-8-24-9-7-16)22(27-14-26-19)28-15-2-4-17(5-3-15)32-23-25-10-11-31-23/h2-5,10-14,16,24H,6-9H2,1H3,(H,26,27,28). The van der Waals surface area contributed by atoms with Gasteiger partial charge in [0, 0.05) is 33.6 Å². The van der Waals surface area contributed by atoms with Crippen molar-refractivity contribution >= 4 is 45.5 Å². The van der Waals surface area contributed by atoms with E-state index in [4.69, 9.17) is 9.47 Å². The maximum absolute atomic E-state index is 6.30. The number of aromatic nitrogens is 3. The maximum atomic E-state index is 6.30. The van der Waals surface area contributed by atoms with Crippen LogP contribution in [0.5, 0.6) is 11.5 Å². The zero-order valence-corrected chi connectivity index (χ0v) is 19.2. The van der Waals surface area contributed by atoms with E-state index in [1.807, 2.05) is 35.8 Å². The highest BCUT2D eigenvalue weighted by Crippen LogP contribution is 2.36. The molecule has 0 radical (unpaired) electrons. The summed E-state index contributed by atoms with van der Waals surface area (Å²) in [5.41, 5.74) is 1.75. The van der Waals surface area contributed by atoms with Crippen molar-refractivity contribution in [2.45, 2.75) is 28.2 Å². The van der Waals surface area contributed by atoms with Gasteiger partial charge in [-0.1, -0.05) is 11.8 Å². The largest absolute Gasteiger partial charge is 0.493 e. The number of thiazole rings is 1. The molecule has 5 rings (SSSR count). The van der Waals surface area contributed by atoms with Gasteiger partial charge in [0.1, 0.15) is 18.2 Å². The van der Waals surface area contributed by atoms with Gasteiger partial charge in [0.15, 0.2) is 15.8 Å². The first kappa shape index (κ1) is 21.0. The Hall–Kier alpha value is -2.88. The number of methoxy groups -OCH3 is 1. The number of hydrogen-bond acceptors (Lipinski definition) is 9. The molecule has 7 nitrogen and oxygen atoms in total. The quantitative estimate of drug-likeness (QED) is 0.389. The molecule has 0 saturated carbocycles. The molecule has 0 amide bonds. The highest BCUT2D eigenvalue weighted by Gasteiger charge is 2.18. The lowest BCUT2D eigenvalue weighted by atomic mass is 10.1. The molecule has 2 aromatic heterocycles. The highest BCUT2D eigenvalue weighted by molar-refractivity contribution is 8.01. The van der Waals surface area contributed by atoms with Gasteiger partial charge in [-0.25, -0.2) is 15.0 Å². The number of anilines is 2. The first-order valence-electron chi connectivity index (χ1n) is 10.4. The second-order valence-corrected chi connectivity index (χ2v) is 9.57. The van der Waals surface area contributed by atoms with Crippen molar-refractivity contribution in [3.63, 3.8) is 0 Å². The average molecular weight is 466 g/mol. The molecule has 9 heteroatoms. The van der Waals surface area contributed by atoms with Gasteiger partial charge in [-0.2, -0.15) is 0 Å². The van der Waals surface area contributed by atoms with E-state index in [1.165, 1.54) is 0 Å². The summed E-state index contributed by atoms with van der Waals surface area (Å²) in [6, 6.07) is 12.1. The fraction of sp³-hybridized carbons (Fsp3) is 0.261. The average Bonchev–Trinajstić information content (AvgIpc) is 3.34. The number of piperidine rings is 1. The number of hydrogen-bond donors (Lipinski definition) is 2. The molecule has 1 aliphatic heterocycles. The van der Waals surface area contributed by atoms with E-state index >= 15 is 0 Å². The van der Waals surface area contributed by atoms with Gasteiger partial charge >= 0.3 is 0 Å². The summed E-state index contributed by atoms with van der Waals surface area (Å²) in [6.07, 6.45) is 5.50. The van der Waals surface area contributed by atoms with E-state index in [9.17, 15) is 0 Å². The second-order valence-electron chi connectivity index (χ2n) is 7.36. The van der Waals surface area contributed by atoms with E-state index in [1.54, 1.807) is 36.5 Å². The maximum Gasteiger partial charge on any atom is 0.162 e. The lowest BCUT2D eigenvalue weighted by Crippen LogP contribution is -2.34. The lowest BCUT2D eigenvalue weighted by Gasteiger charge is -2.25. The SMILES string of the molecule is COc1cc2ncnc(Nc3ccc(Sc4nccs4)cc3)c2cc1OC1CCNCC1. The molecule has 2 aromatic carbocycles. The lowest BCUT2D eigenvalue weighted by molar-refractivity contribution is 0.157. The summed E-state index contributed by atoms with van der Waals surface area (Å²) < 4.78 is 12.9. The molecule has 2 N–H and O–H groups in total. The molecule has 4 aromatic rings. The van der Waals surface area contributed by atoms with Gasteiger partial charge in [0.25, 0.3) is 0 Å². The van der Waals surface area contributed by atoms with E-state index in [-0.39, 0.29) is 6.10 Å². The zero-order chi connectivity index (χ0) is 21.8. The number of ether oxygens (including phenoxy) is 2. The summed E-state index contributed by atoms with van der Waals surface area (Å²) in [7, 11) is 1.65. The first-order chi connectivity index (χ1) is 15.8. The summed E-state index contributed by atoms with van der Waals surface area (Å²) in [6.45, 7) is 1.93. The number of nitrogens with one attached hydrogen (secondary N) is 2. The zero-order valence-electron chi connectivity index (χ0n) is 17.6. The predicted octanol–water partition coefficient (Wildman–Crippen LogP) is 5.12. The van der Waals surface area contributed by atoms with Gasteiger partial charge in [0.2, 0.25) is 0 Å². The minimum atomic E-state index is 0.173. The van der Waals surface area contributed by atoms with Crippen LogP contribution in [-0.4, -0.2) is 41.3 Å². The van der Waals surface area contributed by atoms with E-state index < -0.39 is 0 Å². The number of rotatable bonds is 7. The van der Waals surface area contributed by atoms with Crippen molar-refractivity contribution in [1.82, 2.24) is 20.3 Å². The molecule has 0 unspecified atom stereocenters. The Balaban J connectivity index is 1.40. The van der Waals surface area contributed by atoms with Crippen molar-refractivity contribution < 1.29 is 9.47 Å². The molecule has 1 aliphatic rings. The van der Waals surface area contributed by atoms with E-state index in [0.717, 1.165) is 63.3 Å². The topological polar surface area (TPSA) is 81.2 Å². The molecule has 0 aliphatic carbocycles. The summed E-state index contributed by atoms with van der Waals surface area (Å²) in [5.74, 6) is 2.14. The molecule has 164 valence electrons. The second kappa shape index (κ2) is 9.72. The Bertz CT molecular complexity index is 1180. The van der Waals surface area contributed by atoms with Crippen LogP contribution < -0.4 is 20.1 Å². The number of benzene rings is 2. The Morgan fingerprint density at radius 2 is 1.91 bits per heavy atom. The monoisotopic (exact) mass is 465 g/mol. The van der Waals surface area contributed by atoms with Crippen LogP contribution in [0.4, 0.5) is 11.5 Å². The Morgan fingerprint density at radius 1 is 1.06 bits per heavy atom. The molecule has 1 fully saturated rings. The fourth-order valence-electron chi connectivity index (χ4n) is 3.61. The normalized spacial score (nSPS) is 14.4. The van der Waals surface area contributed by atoms with Crippen LogP contribution >= 0.6 is 23.1 Å². The highest BCUT2D eigenvalue weighted by atomic mass is 32.2. The van der Waals surface area contributed by atoms with Crippen LogP contribution in [0.15, 0.2) is 63.5 Å². The third-order valence-electron chi connectivity index (χ3n) is 5.23. The third-order valence-corrected chi connectivity index (χ3v) is 7.12. The van der Waals surface area contributed by atoms with Gasteiger partial charge in [-0.3, -0.25) is 0 Å². The molecular formula is C23H23N5O2S2. The molecule has 0 bridgehead atoms. The summed E-state index contributed by atoms with van der Waals surface area (Å²) in [4.78, 5) is 14.4. The number of fused-ring (bicyclic) bond motifs is 1. The van der Waals surface area contributed by atoms with Crippen molar-refractivity contribution in [3.8, 4) is 11.5 Å². The van der Waals surface area contributed by atoms with Crippen molar-refractivity contribution in [3.05, 3.63) is 54.3 Å². The molecule has 0 spiro atoms. The van der Waals surface area contributed by atoms with Gasteiger partial charge in [-0.15, -0.1) is 11.3 Å². The predicted molar refractivity (Wildman–Crippen MR) is 129 cm³/mol. The smallest absolute Gasteiger partial charge is 0.162 e. The van der Waals surface area contributed by atoms with Crippen LogP contribution in [0.2, 0.25) is 0 Å². The molecule has 32 heavy (non-hydrogen) atoms. The van der Waals surface area contributed by atoms with Crippen LogP contribution in [0.3, 0.4) is 0 Å². The fourth-order valence-corrected chi connectivity index (χ4v) is 5.21. The van der Waals surface area contributed by atoms with Crippen molar-refractivity contribution in [2.75, 3.05) is 25.5 Å². The van der Waals surface area contributed by atoms with Crippen LogP contribution in [0.1, 0.15) is 12.8 Å². The molecule has 3 heterocycles. The van der Waals surface area contributed by atoms with Gasteiger partial charge in [-0.05, 0) is 56.3 Å². The van der Waals surface area contributed by atoms with Crippen molar-refractivity contribution in [2.24, 2.45) is 0 Å². The van der Waals surface area contributed by atoms with Gasteiger partial charge < -0.3 is 20.1 Å². The Kier molecular flexibility index (Phi) is 6.38. The third kappa shape index (κ3) is 4.79. The molecule has 0 atom stereocenters. The molecule has 1 saturated heterocycles. The van der Waals surface area contributed by atoms with Crippen LogP contribution in [0, 0.1) is 0 Å². The van der Waals surface area contributed by atoms with Crippen molar-refractivity contribution in [1.29, 1.82) is 0 Å². The van der Waals surface area contributed by atoms with Crippen LogP contribution in [0.25, 0.3) is 10.9 Å². The van der Waals surface area contributed by atoms with Gasteiger partial charge in [0.05, 0.1) is 12.6 Å². The minimum Gasteiger partial charge on any atom is -0.493 e. The Labute approximate surface area is 194 Å². The van der Waals surface area contributed by atoms with E-state index in [2.05, 4.69) is 37.7 Å². The van der Waals surface area contributed by atoms with Crippen LogP contribution in [-0.2, 0) is 0 Å². The number of nitrogens with zero attached hydrogens (tertiary/aromatic N) is 3. The molecular weight excluding hydrogens is 442 g/mol.